The second kappa shape index (κ2) is 9.03. The maximum atomic E-state index is 13.2. The minimum Gasteiger partial charge on any atom is -0.497 e. The lowest BCUT2D eigenvalue weighted by molar-refractivity contribution is -0.116. The lowest BCUT2D eigenvalue weighted by atomic mass is 10.2. The molecule has 2 aromatic carbocycles. The van der Waals surface area contributed by atoms with Gasteiger partial charge in [-0.3, -0.25) is 18.7 Å². The Labute approximate surface area is 186 Å². The fourth-order valence-corrected chi connectivity index (χ4v) is 3.43. The van der Waals surface area contributed by atoms with Gasteiger partial charge < -0.3 is 10.1 Å². The molecule has 10 heteroatoms. The van der Waals surface area contributed by atoms with Crippen LogP contribution >= 0.6 is 11.6 Å². The van der Waals surface area contributed by atoms with E-state index in [0.29, 0.717) is 22.0 Å². The average Bonchev–Trinajstić information content (AvgIpc) is 2.80. The van der Waals surface area contributed by atoms with Crippen molar-refractivity contribution in [1.29, 1.82) is 0 Å². The van der Waals surface area contributed by atoms with E-state index in [-0.39, 0.29) is 24.3 Å². The van der Waals surface area contributed by atoms with Crippen molar-refractivity contribution in [1.82, 2.24) is 19.1 Å². The van der Waals surface area contributed by atoms with Crippen LogP contribution in [0.15, 0.2) is 70.5 Å². The van der Waals surface area contributed by atoms with E-state index in [4.69, 9.17) is 16.3 Å². The molecule has 0 bridgehead atoms. The molecule has 0 saturated heterocycles. The zero-order chi connectivity index (χ0) is 22.7. The molecule has 0 aliphatic carbocycles. The number of carbonyl (C=O) groups is 1. The normalized spacial score (nSPS) is 10.8. The number of aromatic nitrogens is 4. The van der Waals surface area contributed by atoms with Crippen LogP contribution in [0.3, 0.4) is 0 Å². The number of halogens is 1. The second-order valence-electron chi connectivity index (χ2n) is 6.90. The van der Waals surface area contributed by atoms with Crippen molar-refractivity contribution in [2.24, 2.45) is 0 Å². The first-order valence-corrected chi connectivity index (χ1v) is 9.97. The second-order valence-corrected chi connectivity index (χ2v) is 7.33. The molecule has 2 aromatic heterocycles. The summed E-state index contributed by atoms with van der Waals surface area (Å²) in [5.74, 6) is 0.177. The molecule has 0 radical (unpaired) electrons. The molecular formula is C22H18ClN5O4. The van der Waals surface area contributed by atoms with E-state index in [1.807, 2.05) is 0 Å². The first-order valence-electron chi connectivity index (χ1n) is 9.59. The molecule has 1 N–H and O–H groups in total. The molecule has 0 aliphatic rings. The number of anilines is 1. The number of hydrogen-bond donors (Lipinski definition) is 1. The number of nitrogens with one attached hydrogen (secondary N) is 1. The van der Waals surface area contributed by atoms with Crippen molar-refractivity contribution in [3.8, 4) is 5.75 Å². The number of ether oxygens (including phenoxy) is 1. The molecule has 4 rings (SSSR count). The summed E-state index contributed by atoms with van der Waals surface area (Å²) in [6.45, 7) is -0.354. The van der Waals surface area contributed by atoms with Gasteiger partial charge >= 0.3 is 5.69 Å². The molecule has 162 valence electrons. The van der Waals surface area contributed by atoms with Gasteiger partial charge in [-0.05, 0) is 35.9 Å². The summed E-state index contributed by atoms with van der Waals surface area (Å²) in [4.78, 5) is 47.0. The van der Waals surface area contributed by atoms with Crippen molar-refractivity contribution in [2.75, 3.05) is 12.4 Å². The van der Waals surface area contributed by atoms with Crippen LogP contribution in [0, 0.1) is 0 Å². The predicted molar refractivity (Wildman–Crippen MR) is 120 cm³/mol. The Morgan fingerprint density at radius 1 is 1.06 bits per heavy atom. The molecular weight excluding hydrogens is 434 g/mol. The van der Waals surface area contributed by atoms with Crippen molar-refractivity contribution < 1.29 is 9.53 Å². The fraction of sp³-hybridized carbons (Fsp3) is 0.136. The summed E-state index contributed by atoms with van der Waals surface area (Å²) in [6, 6.07) is 13.6. The summed E-state index contributed by atoms with van der Waals surface area (Å²) < 4.78 is 7.30. The highest BCUT2D eigenvalue weighted by molar-refractivity contribution is 6.30. The number of nitrogens with zero attached hydrogens (tertiary/aromatic N) is 4. The molecule has 32 heavy (non-hydrogen) atoms. The standard InChI is InChI=1S/C22H18ClN5O4/c1-32-17-7-5-14(6-8-17)12-28-21(30)19-20(25-10-9-24-19)27(22(28)31)13-18(29)26-16-4-2-3-15(23)11-16/h2-11H,12-13H2,1H3,(H,26,29). The van der Waals surface area contributed by atoms with Gasteiger partial charge in [0.2, 0.25) is 5.91 Å². The summed E-state index contributed by atoms with van der Waals surface area (Å²) in [5, 5.41) is 3.15. The van der Waals surface area contributed by atoms with Gasteiger partial charge in [0.15, 0.2) is 11.2 Å². The van der Waals surface area contributed by atoms with Gasteiger partial charge in [0, 0.05) is 23.1 Å². The fourth-order valence-electron chi connectivity index (χ4n) is 3.24. The summed E-state index contributed by atoms with van der Waals surface area (Å²) in [7, 11) is 1.55. The molecule has 0 saturated carbocycles. The van der Waals surface area contributed by atoms with Crippen LogP contribution in [0.4, 0.5) is 5.69 Å². The Kier molecular flexibility index (Phi) is 6.00. The largest absolute Gasteiger partial charge is 0.497 e. The first kappa shape index (κ1) is 21.3. The molecule has 0 aliphatic heterocycles. The zero-order valence-electron chi connectivity index (χ0n) is 17.0. The Morgan fingerprint density at radius 3 is 2.53 bits per heavy atom. The van der Waals surface area contributed by atoms with E-state index in [2.05, 4.69) is 15.3 Å². The van der Waals surface area contributed by atoms with Crippen LogP contribution in [-0.2, 0) is 17.9 Å². The zero-order valence-corrected chi connectivity index (χ0v) is 17.7. The number of rotatable bonds is 6. The monoisotopic (exact) mass is 451 g/mol. The average molecular weight is 452 g/mol. The highest BCUT2D eigenvalue weighted by Gasteiger charge is 2.17. The minimum absolute atomic E-state index is 0.00355. The summed E-state index contributed by atoms with van der Waals surface area (Å²) in [6.07, 6.45) is 2.72. The van der Waals surface area contributed by atoms with Crippen molar-refractivity contribution in [2.45, 2.75) is 13.1 Å². The lowest BCUT2D eigenvalue weighted by Gasteiger charge is -2.13. The highest BCUT2D eigenvalue weighted by atomic mass is 35.5. The topological polar surface area (TPSA) is 108 Å². The third-order valence-electron chi connectivity index (χ3n) is 4.75. The van der Waals surface area contributed by atoms with Gasteiger partial charge in [-0.15, -0.1) is 0 Å². The molecule has 2 heterocycles. The molecule has 9 nitrogen and oxygen atoms in total. The third kappa shape index (κ3) is 4.37. The van der Waals surface area contributed by atoms with E-state index in [1.165, 1.54) is 12.4 Å². The molecule has 4 aromatic rings. The highest BCUT2D eigenvalue weighted by Crippen LogP contribution is 2.15. The van der Waals surface area contributed by atoms with Gasteiger partial charge in [0.05, 0.1) is 13.7 Å². The Bertz CT molecular complexity index is 1410. The van der Waals surface area contributed by atoms with E-state index in [9.17, 15) is 14.4 Å². The summed E-state index contributed by atoms with van der Waals surface area (Å²) >= 11 is 5.96. The molecule has 0 unspecified atom stereocenters. The SMILES string of the molecule is COc1ccc(Cn2c(=O)c3nccnc3n(CC(=O)Nc3cccc(Cl)c3)c2=O)cc1. The number of fused-ring (bicyclic) bond motifs is 1. The molecule has 0 atom stereocenters. The van der Waals surface area contributed by atoms with Gasteiger partial charge in [0.1, 0.15) is 12.3 Å². The lowest BCUT2D eigenvalue weighted by Crippen LogP contribution is -2.42. The molecule has 1 amide bonds. The minimum atomic E-state index is -0.667. The van der Waals surface area contributed by atoms with Crippen LogP contribution in [0.1, 0.15) is 5.56 Å². The van der Waals surface area contributed by atoms with E-state index in [1.54, 1.807) is 55.6 Å². The maximum Gasteiger partial charge on any atom is 0.333 e. The number of hydrogen-bond acceptors (Lipinski definition) is 6. The van der Waals surface area contributed by atoms with Gasteiger partial charge in [-0.2, -0.15) is 0 Å². The smallest absolute Gasteiger partial charge is 0.333 e. The van der Waals surface area contributed by atoms with Crippen molar-refractivity contribution in [3.63, 3.8) is 0 Å². The Hall–Kier alpha value is -3.98. The number of methoxy groups -OCH3 is 1. The van der Waals surface area contributed by atoms with Crippen LogP contribution in [0.25, 0.3) is 11.2 Å². The summed E-state index contributed by atoms with van der Waals surface area (Å²) in [5.41, 5.74) is -0.0213. The first-order chi connectivity index (χ1) is 15.5. The van der Waals surface area contributed by atoms with Crippen LogP contribution in [-0.4, -0.2) is 32.1 Å². The van der Waals surface area contributed by atoms with E-state index < -0.39 is 17.2 Å². The number of amides is 1. The van der Waals surface area contributed by atoms with Gasteiger partial charge in [-0.25, -0.2) is 14.8 Å². The molecule has 0 spiro atoms. The Balaban J connectivity index is 1.73. The van der Waals surface area contributed by atoms with E-state index >= 15 is 0 Å². The molecule has 0 fully saturated rings. The number of carbonyl (C=O) groups excluding carboxylic acids is 1. The van der Waals surface area contributed by atoms with Crippen LogP contribution < -0.4 is 21.3 Å². The van der Waals surface area contributed by atoms with Gasteiger partial charge in [-0.1, -0.05) is 29.8 Å². The quantitative estimate of drug-likeness (QED) is 0.482. The van der Waals surface area contributed by atoms with Gasteiger partial charge in [0.25, 0.3) is 5.56 Å². The van der Waals surface area contributed by atoms with Crippen molar-refractivity contribution in [3.05, 3.63) is 92.3 Å². The van der Waals surface area contributed by atoms with Crippen LogP contribution in [0.5, 0.6) is 5.75 Å². The third-order valence-corrected chi connectivity index (χ3v) is 4.99. The Morgan fingerprint density at radius 2 is 1.81 bits per heavy atom. The van der Waals surface area contributed by atoms with Crippen molar-refractivity contribution >= 4 is 34.4 Å². The maximum absolute atomic E-state index is 13.2. The van der Waals surface area contributed by atoms with Crippen LogP contribution in [0.2, 0.25) is 5.02 Å². The predicted octanol–water partition coefficient (Wildman–Crippen LogP) is 2.30. The van der Waals surface area contributed by atoms with E-state index in [0.717, 1.165) is 9.13 Å². The number of benzene rings is 2.